The summed E-state index contributed by atoms with van der Waals surface area (Å²) < 4.78 is 16.3. The Kier molecular flexibility index (Phi) is 13.1. The first kappa shape index (κ1) is 24.2. The Morgan fingerprint density at radius 2 is 2.07 bits per heavy atom. The number of halogens is 1. The van der Waals surface area contributed by atoms with Crippen molar-refractivity contribution >= 4 is 29.9 Å². The lowest BCUT2D eigenvalue weighted by atomic mass is 10.3. The highest BCUT2D eigenvalue weighted by Crippen LogP contribution is 2.08. The minimum atomic E-state index is 0. The number of rotatable bonds is 12. The Labute approximate surface area is 184 Å². The third-order valence-electron chi connectivity index (χ3n) is 3.60. The van der Waals surface area contributed by atoms with E-state index in [0.717, 1.165) is 43.2 Å². The smallest absolute Gasteiger partial charge is 0.213 e. The largest absolute Gasteiger partial charge is 0.478 e. The van der Waals surface area contributed by atoms with E-state index in [1.54, 1.807) is 12.5 Å². The van der Waals surface area contributed by atoms with Crippen molar-refractivity contribution in [2.75, 3.05) is 26.3 Å². The fourth-order valence-corrected chi connectivity index (χ4v) is 2.26. The number of nitrogens with zero attached hydrogens (tertiary/aromatic N) is 2. The lowest BCUT2D eigenvalue weighted by Crippen LogP contribution is -2.38. The summed E-state index contributed by atoms with van der Waals surface area (Å²) in [6.45, 7) is 8.13. The van der Waals surface area contributed by atoms with Crippen molar-refractivity contribution < 1.29 is 13.9 Å². The number of pyridine rings is 1. The first-order valence-electron chi connectivity index (χ1n) is 9.51. The summed E-state index contributed by atoms with van der Waals surface area (Å²) in [6.07, 6.45) is 5.32. The normalized spacial score (nSPS) is 11.0. The van der Waals surface area contributed by atoms with Crippen LogP contribution in [0.1, 0.15) is 38.0 Å². The molecule has 2 N–H and O–H groups in total. The summed E-state index contributed by atoms with van der Waals surface area (Å²) in [4.78, 5) is 8.89. The molecule has 0 radical (unpaired) electrons. The van der Waals surface area contributed by atoms with Gasteiger partial charge in [0.25, 0.3) is 0 Å². The summed E-state index contributed by atoms with van der Waals surface area (Å²) in [7, 11) is 0. The number of ether oxygens (including phenoxy) is 2. The zero-order valence-electron chi connectivity index (χ0n) is 16.6. The van der Waals surface area contributed by atoms with Gasteiger partial charge in [-0.1, -0.05) is 13.0 Å². The second-order valence-corrected chi connectivity index (χ2v) is 5.96. The molecule has 0 aliphatic carbocycles. The highest BCUT2D eigenvalue weighted by Gasteiger charge is 2.00. The van der Waals surface area contributed by atoms with E-state index in [0.29, 0.717) is 32.2 Å². The molecule has 28 heavy (non-hydrogen) atoms. The molecule has 2 heterocycles. The van der Waals surface area contributed by atoms with Crippen molar-refractivity contribution in [3.63, 3.8) is 0 Å². The fraction of sp³-hybridized carbons (Fsp3) is 0.500. The van der Waals surface area contributed by atoms with Crippen LogP contribution in [0.25, 0.3) is 0 Å². The summed E-state index contributed by atoms with van der Waals surface area (Å²) >= 11 is 0. The minimum Gasteiger partial charge on any atom is -0.478 e. The first-order chi connectivity index (χ1) is 13.3. The summed E-state index contributed by atoms with van der Waals surface area (Å²) in [6, 6.07) is 7.65. The summed E-state index contributed by atoms with van der Waals surface area (Å²) in [5.41, 5.74) is 1.04. The Morgan fingerprint density at radius 1 is 1.18 bits per heavy atom. The van der Waals surface area contributed by atoms with Crippen LogP contribution >= 0.6 is 24.0 Å². The molecule has 0 saturated carbocycles. The van der Waals surface area contributed by atoms with Crippen molar-refractivity contribution in [1.82, 2.24) is 15.6 Å². The van der Waals surface area contributed by atoms with Crippen molar-refractivity contribution in [3.05, 3.63) is 48.0 Å². The molecule has 0 spiro atoms. The molecule has 0 fully saturated rings. The van der Waals surface area contributed by atoms with E-state index in [-0.39, 0.29) is 24.0 Å². The Balaban J connectivity index is 0.00000392. The third kappa shape index (κ3) is 9.93. The maximum absolute atomic E-state index is 5.57. The van der Waals surface area contributed by atoms with E-state index >= 15 is 0 Å². The van der Waals surface area contributed by atoms with E-state index < -0.39 is 0 Å². The third-order valence-corrected chi connectivity index (χ3v) is 3.60. The maximum atomic E-state index is 5.57. The number of hydrogen-bond donors (Lipinski definition) is 2. The van der Waals surface area contributed by atoms with E-state index in [1.165, 1.54) is 0 Å². The summed E-state index contributed by atoms with van der Waals surface area (Å²) in [5, 5.41) is 6.56. The number of furan rings is 1. The van der Waals surface area contributed by atoms with Gasteiger partial charge in [0, 0.05) is 32.0 Å². The number of aliphatic imine (C=N–C) groups is 1. The molecule has 0 aliphatic rings. The van der Waals surface area contributed by atoms with E-state index in [1.807, 2.05) is 31.2 Å². The molecular formula is C20H31IN4O3. The molecule has 0 aliphatic heterocycles. The van der Waals surface area contributed by atoms with E-state index in [2.05, 4.69) is 27.5 Å². The topological polar surface area (TPSA) is 80.9 Å². The number of nitrogens with one attached hydrogen (secondary N) is 2. The predicted molar refractivity (Wildman–Crippen MR) is 121 cm³/mol. The van der Waals surface area contributed by atoms with Crippen LogP contribution in [-0.2, 0) is 17.9 Å². The molecule has 0 unspecified atom stereocenters. The monoisotopic (exact) mass is 502 g/mol. The minimum absolute atomic E-state index is 0. The average molecular weight is 502 g/mol. The fourth-order valence-electron chi connectivity index (χ4n) is 2.26. The van der Waals surface area contributed by atoms with Crippen LogP contribution in [0.4, 0.5) is 0 Å². The Morgan fingerprint density at radius 3 is 2.75 bits per heavy atom. The first-order valence-corrected chi connectivity index (χ1v) is 9.51. The van der Waals surface area contributed by atoms with Crippen molar-refractivity contribution in [2.24, 2.45) is 4.99 Å². The van der Waals surface area contributed by atoms with E-state index in [9.17, 15) is 0 Å². The molecule has 0 saturated heterocycles. The molecular weight excluding hydrogens is 471 g/mol. The molecule has 7 nitrogen and oxygen atoms in total. The van der Waals surface area contributed by atoms with Crippen molar-refractivity contribution in [1.29, 1.82) is 0 Å². The molecule has 0 aromatic carbocycles. The van der Waals surface area contributed by atoms with Crippen LogP contribution in [-0.4, -0.2) is 37.2 Å². The van der Waals surface area contributed by atoms with Gasteiger partial charge in [-0.05, 0) is 37.5 Å². The molecule has 0 amide bonds. The highest BCUT2D eigenvalue weighted by molar-refractivity contribution is 14.0. The van der Waals surface area contributed by atoms with Gasteiger partial charge in [-0.25, -0.2) is 9.98 Å². The van der Waals surface area contributed by atoms with Crippen LogP contribution in [0.5, 0.6) is 5.88 Å². The van der Waals surface area contributed by atoms with Gasteiger partial charge in [-0.2, -0.15) is 0 Å². The van der Waals surface area contributed by atoms with Crippen molar-refractivity contribution in [3.8, 4) is 5.88 Å². The number of hydrogen-bond acceptors (Lipinski definition) is 5. The second-order valence-electron chi connectivity index (χ2n) is 5.96. The lowest BCUT2D eigenvalue weighted by Gasteiger charge is -2.11. The maximum Gasteiger partial charge on any atom is 0.213 e. The SMILES string of the molecule is CCCOc1ccc(CN=C(NCC)NCCCOCc2ccco2)cn1.I. The van der Waals surface area contributed by atoms with Crippen LogP contribution in [0, 0.1) is 0 Å². The predicted octanol–water partition coefficient (Wildman–Crippen LogP) is 3.74. The standard InChI is InChI=1S/C20H30N4O3.HI/c1-3-11-27-19-9-8-17(14-23-19)15-24-20(21-4-2)22-10-6-12-25-16-18-7-5-13-26-18;/h5,7-9,13-14H,3-4,6,10-12,15-16H2,1-2H3,(H2,21,22,24);1H. The molecule has 2 rings (SSSR count). The van der Waals surface area contributed by atoms with Gasteiger partial charge in [-0.15, -0.1) is 24.0 Å². The van der Waals surface area contributed by atoms with Gasteiger partial charge in [0.15, 0.2) is 5.96 Å². The molecule has 0 atom stereocenters. The summed E-state index contributed by atoms with van der Waals surface area (Å²) in [5.74, 6) is 2.29. The van der Waals surface area contributed by atoms with Gasteiger partial charge in [0.2, 0.25) is 5.88 Å². The second kappa shape index (κ2) is 15.2. The van der Waals surface area contributed by atoms with Crippen LogP contribution in [0.3, 0.4) is 0 Å². The Hall–Kier alpha value is -1.81. The lowest BCUT2D eigenvalue weighted by molar-refractivity contribution is 0.105. The van der Waals surface area contributed by atoms with Gasteiger partial charge >= 0.3 is 0 Å². The van der Waals surface area contributed by atoms with E-state index in [4.69, 9.17) is 13.9 Å². The quantitative estimate of drug-likeness (QED) is 0.199. The van der Waals surface area contributed by atoms with Gasteiger partial charge in [0.1, 0.15) is 12.4 Å². The zero-order chi connectivity index (χ0) is 19.2. The van der Waals surface area contributed by atoms with Gasteiger partial charge < -0.3 is 24.5 Å². The molecule has 8 heteroatoms. The highest BCUT2D eigenvalue weighted by atomic mass is 127. The van der Waals surface area contributed by atoms with Crippen molar-refractivity contribution in [2.45, 2.75) is 39.8 Å². The zero-order valence-corrected chi connectivity index (χ0v) is 19.0. The van der Waals surface area contributed by atoms with Crippen LogP contribution in [0.2, 0.25) is 0 Å². The number of guanidine groups is 1. The van der Waals surface area contributed by atoms with Crippen LogP contribution in [0.15, 0.2) is 46.1 Å². The molecule has 0 bridgehead atoms. The molecule has 156 valence electrons. The van der Waals surface area contributed by atoms with Crippen LogP contribution < -0.4 is 15.4 Å². The Bertz CT molecular complexity index is 648. The average Bonchev–Trinajstić information content (AvgIpc) is 3.21. The number of aromatic nitrogens is 1. The molecule has 2 aromatic rings. The molecule has 2 aromatic heterocycles. The van der Waals surface area contributed by atoms with Gasteiger partial charge in [0.05, 0.1) is 19.4 Å². The van der Waals surface area contributed by atoms with Gasteiger partial charge in [-0.3, -0.25) is 0 Å².